The number of amides is 1. The topological polar surface area (TPSA) is 63.2 Å². The van der Waals surface area contributed by atoms with E-state index in [1.165, 1.54) is 18.3 Å². The zero-order valence-electron chi connectivity index (χ0n) is 15.5. The quantitative estimate of drug-likeness (QED) is 0.712. The number of piperidine rings is 1. The van der Waals surface area contributed by atoms with Gasteiger partial charge in [-0.3, -0.25) is 9.59 Å². The van der Waals surface area contributed by atoms with Crippen LogP contribution >= 0.6 is 11.6 Å². The number of halogens is 2. The van der Waals surface area contributed by atoms with Crippen LogP contribution in [0.4, 0.5) is 4.39 Å². The number of carbonyl (C=O) groups is 2. The standard InChI is InChI=1S/C21H21ClFN3O2/c22-15-5-4-6-16(23)19(15)14-12-24-20(13-7-8-13)25-17(14)11-18(27)21(28)26-9-2-1-3-10-26/h4-6,12-13H,1-3,7-11H2. The molecule has 1 aliphatic carbocycles. The smallest absolute Gasteiger partial charge is 0.290 e. The van der Waals surface area contributed by atoms with Crippen molar-refractivity contribution < 1.29 is 14.0 Å². The van der Waals surface area contributed by atoms with E-state index in [1.807, 2.05) is 0 Å². The van der Waals surface area contributed by atoms with E-state index >= 15 is 0 Å². The fourth-order valence-electron chi connectivity index (χ4n) is 3.57. The average molecular weight is 402 g/mol. The van der Waals surface area contributed by atoms with Crippen molar-refractivity contribution in [1.29, 1.82) is 0 Å². The van der Waals surface area contributed by atoms with Gasteiger partial charge >= 0.3 is 0 Å². The Labute approximate surface area is 167 Å². The first-order valence-corrected chi connectivity index (χ1v) is 10.0. The number of nitrogens with zero attached hydrogens (tertiary/aromatic N) is 3. The van der Waals surface area contributed by atoms with Gasteiger partial charge in [-0.25, -0.2) is 14.4 Å². The summed E-state index contributed by atoms with van der Waals surface area (Å²) in [7, 11) is 0. The maximum absolute atomic E-state index is 14.5. The van der Waals surface area contributed by atoms with E-state index < -0.39 is 17.5 Å². The minimum atomic E-state index is -0.531. The lowest BCUT2D eigenvalue weighted by Gasteiger charge is -2.26. The van der Waals surface area contributed by atoms with E-state index in [-0.39, 0.29) is 22.9 Å². The molecule has 2 aliphatic rings. The van der Waals surface area contributed by atoms with E-state index in [0.717, 1.165) is 32.1 Å². The molecule has 2 heterocycles. The number of rotatable bonds is 5. The molecule has 1 aliphatic heterocycles. The molecule has 28 heavy (non-hydrogen) atoms. The highest BCUT2D eigenvalue weighted by atomic mass is 35.5. The van der Waals surface area contributed by atoms with Crippen molar-refractivity contribution in [3.8, 4) is 11.1 Å². The van der Waals surface area contributed by atoms with Gasteiger partial charge in [0.05, 0.1) is 17.1 Å². The molecule has 0 atom stereocenters. The van der Waals surface area contributed by atoms with Crippen molar-refractivity contribution >= 4 is 23.3 Å². The summed E-state index contributed by atoms with van der Waals surface area (Å²) in [4.78, 5) is 35.7. The first-order valence-electron chi connectivity index (χ1n) is 9.67. The molecule has 0 bridgehead atoms. The summed E-state index contributed by atoms with van der Waals surface area (Å²) < 4.78 is 14.5. The zero-order valence-corrected chi connectivity index (χ0v) is 16.2. The highest BCUT2D eigenvalue weighted by Gasteiger charge is 2.30. The number of hydrogen-bond donors (Lipinski definition) is 0. The van der Waals surface area contributed by atoms with Crippen molar-refractivity contribution in [2.75, 3.05) is 13.1 Å². The Morgan fingerprint density at radius 3 is 2.61 bits per heavy atom. The normalized spacial score (nSPS) is 16.9. The Kier molecular flexibility index (Phi) is 5.40. The van der Waals surface area contributed by atoms with Gasteiger partial charge in [-0.05, 0) is 44.2 Å². The maximum Gasteiger partial charge on any atom is 0.290 e. The molecule has 0 spiro atoms. The molecule has 0 unspecified atom stereocenters. The summed E-state index contributed by atoms with van der Waals surface area (Å²) in [6, 6.07) is 4.41. The third-order valence-electron chi connectivity index (χ3n) is 5.27. The largest absolute Gasteiger partial charge is 0.336 e. The van der Waals surface area contributed by atoms with Crippen molar-refractivity contribution in [2.24, 2.45) is 0 Å². The monoisotopic (exact) mass is 401 g/mol. The van der Waals surface area contributed by atoms with Gasteiger partial charge in [-0.1, -0.05) is 17.7 Å². The maximum atomic E-state index is 14.5. The summed E-state index contributed by atoms with van der Waals surface area (Å²) in [6.45, 7) is 1.21. The van der Waals surface area contributed by atoms with Gasteiger partial charge in [0.1, 0.15) is 11.6 Å². The van der Waals surface area contributed by atoms with E-state index in [4.69, 9.17) is 11.6 Å². The summed E-state index contributed by atoms with van der Waals surface area (Å²) in [5.41, 5.74) is 0.895. The van der Waals surface area contributed by atoms with Gasteiger partial charge < -0.3 is 4.90 Å². The Balaban J connectivity index is 1.67. The Hall–Kier alpha value is -2.34. The highest BCUT2D eigenvalue weighted by molar-refractivity contribution is 6.36. The first kappa shape index (κ1) is 19.0. The second-order valence-corrected chi connectivity index (χ2v) is 7.82. The molecule has 0 N–H and O–H groups in total. The Morgan fingerprint density at radius 1 is 1.18 bits per heavy atom. The van der Waals surface area contributed by atoms with Crippen LogP contribution in [-0.4, -0.2) is 39.6 Å². The summed E-state index contributed by atoms with van der Waals surface area (Å²) in [5.74, 6) is -0.611. The second-order valence-electron chi connectivity index (χ2n) is 7.41. The van der Waals surface area contributed by atoms with Crippen molar-refractivity contribution in [1.82, 2.24) is 14.9 Å². The van der Waals surface area contributed by atoms with E-state index in [1.54, 1.807) is 11.0 Å². The third kappa shape index (κ3) is 3.92. The molecule has 146 valence electrons. The van der Waals surface area contributed by atoms with Crippen molar-refractivity contribution in [3.05, 3.63) is 46.8 Å². The molecule has 1 aromatic carbocycles. The molecule has 5 nitrogen and oxygen atoms in total. The number of hydrogen-bond acceptors (Lipinski definition) is 4. The highest BCUT2D eigenvalue weighted by Crippen LogP contribution is 2.39. The molecule has 1 saturated heterocycles. The Morgan fingerprint density at radius 2 is 1.93 bits per heavy atom. The molecule has 1 amide bonds. The van der Waals surface area contributed by atoms with Crippen LogP contribution in [-0.2, 0) is 16.0 Å². The molecule has 1 aromatic heterocycles. The van der Waals surface area contributed by atoms with Crippen LogP contribution < -0.4 is 0 Å². The zero-order chi connectivity index (χ0) is 19.7. The summed E-state index contributed by atoms with van der Waals surface area (Å²) >= 11 is 6.22. The van der Waals surface area contributed by atoms with Gasteiger partial charge in [0.25, 0.3) is 5.91 Å². The second kappa shape index (κ2) is 7.95. The van der Waals surface area contributed by atoms with Gasteiger partial charge in [-0.2, -0.15) is 0 Å². The number of carbonyl (C=O) groups excluding carboxylic acids is 2. The van der Waals surface area contributed by atoms with Gasteiger partial charge in [-0.15, -0.1) is 0 Å². The fourth-order valence-corrected chi connectivity index (χ4v) is 3.84. The lowest BCUT2D eigenvalue weighted by Crippen LogP contribution is -2.40. The molecular formula is C21H21ClFN3O2. The van der Waals surface area contributed by atoms with Crippen LogP contribution in [0.1, 0.15) is 49.5 Å². The molecule has 2 fully saturated rings. The fraction of sp³-hybridized carbons (Fsp3) is 0.429. The summed E-state index contributed by atoms with van der Waals surface area (Å²) in [5, 5.41) is 0.221. The van der Waals surface area contributed by atoms with Crippen LogP contribution in [0.5, 0.6) is 0 Å². The molecule has 0 radical (unpaired) electrons. The first-order chi connectivity index (χ1) is 13.5. The van der Waals surface area contributed by atoms with Crippen LogP contribution in [0.25, 0.3) is 11.1 Å². The minimum Gasteiger partial charge on any atom is -0.336 e. The number of aromatic nitrogens is 2. The number of likely N-dealkylation sites (tertiary alicyclic amines) is 1. The lowest BCUT2D eigenvalue weighted by molar-refractivity contribution is -0.145. The van der Waals surface area contributed by atoms with E-state index in [9.17, 15) is 14.0 Å². The van der Waals surface area contributed by atoms with Crippen LogP contribution in [0.2, 0.25) is 5.02 Å². The van der Waals surface area contributed by atoms with E-state index in [0.29, 0.717) is 30.2 Å². The van der Waals surface area contributed by atoms with Crippen LogP contribution in [0, 0.1) is 5.82 Å². The molecule has 4 rings (SSSR count). The SMILES string of the molecule is O=C(Cc1nc(C2CC2)ncc1-c1c(F)cccc1Cl)C(=O)N1CCCCC1. The minimum absolute atomic E-state index is 0.166. The van der Waals surface area contributed by atoms with Gasteiger partial charge in [0.2, 0.25) is 5.78 Å². The number of benzene rings is 1. The van der Waals surface area contributed by atoms with E-state index in [2.05, 4.69) is 9.97 Å². The molecule has 2 aromatic rings. The molecular weight excluding hydrogens is 381 g/mol. The number of Topliss-reactive ketones (excluding diaryl/α,β-unsaturated/α-hetero) is 1. The van der Waals surface area contributed by atoms with Gasteiger partial charge in [0, 0.05) is 36.3 Å². The molecule has 7 heteroatoms. The predicted molar refractivity (Wildman–Crippen MR) is 104 cm³/mol. The van der Waals surface area contributed by atoms with Crippen LogP contribution in [0.3, 0.4) is 0 Å². The third-order valence-corrected chi connectivity index (χ3v) is 5.59. The lowest BCUT2D eigenvalue weighted by atomic mass is 10.0. The predicted octanol–water partition coefficient (Wildman–Crippen LogP) is 3.94. The van der Waals surface area contributed by atoms with Crippen LogP contribution in [0.15, 0.2) is 24.4 Å². The Bertz CT molecular complexity index is 904. The van der Waals surface area contributed by atoms with Crippen molar-refractivity contribution in [3.63, 3.8) is 0 Å². The van der Waals surface area contributed by atoms with Crippen molar-refractivity contribution in [2.45, 2.75) is 44.4 Å². The number of ketones is 1. The molecule has 1 saturated carbocycles. The average Bonchev–Trinajstić information content (AvgIpc) is 3.54. The summed E-state index contributed by atoms with van der Waals surface area (Å²) in [6.07, 6.45) is 6.24. The van der Waals surface area contributed by atoms with Gasteiger partial charge in [0.15, 0.2) is 0 Å².